The van der Waals surface area contributed by atoms with Gasteiger partial charge in [0.1, 0.15) is 12.6 Å². The van der Waals surface area contributed by atoms with Crippen molar-refractivity contribution in [2.75, 3.05) is 18.6 Å². The lowest BCUT2D eigenvalue weighted by Crippen LogP contribution is -2.48. The highest BCUT2D eigenvalue weighted by Gasteiger charge is 2.30. The average molecular weight is 460 g/mol. The molecule has 0 saturated carbocycles. The van der Waals surface area contributed by atoms with Crippen LogP contribution in [0.25, 0.3) is 11.1 Å². The monoisotopic (exact) mass is 459 g/mol. The van der Waals surface area contributed by atoms with Gasteiger partial charge in [-0.25, -0.2) is 4.79 Å². The number of aromatic nitrogens is 1. The number of nitrogens with one attached hydrogen (secondary N) is 1. The summed E-state index contributed by atoms with van der Waals surface area (Å²) in [6, 6.07) is 18.2. The predicted molar refractivity (Wildman–Crippen MR) is 127 cm³/mol. The molecule has 0 radical (unpaired) electrons. The molecule has 174 valence electrons. The zero-order valence-corrected chi connectivity index (χ0v) is 18.7. The van der Waals surface area contributed by atoms with Crippen LogP contribution >= 0.6 is 0 Å². The standard InChI is InChI=1S/C26H25N3O5/c1-29(17-12-14-27-15-13-17)25(32)23(10-11-24(30)31)28-26(33)34-16-22-20-8-4-2-6-18(20)19-7-3-5-9-21(19)22/h2-9,12-15,22-23H,10-11,16H2,1H3,(H,28,33)(H,30,31). The van der Waals surface area contributed by atoms with Gasteiger partial charge >= 0.3 is 12.1 Å². The number of rotatable bonds is 8. The van der Waals surface area contributed by atoms with E-state index >= 15 is 0 Å². The van der Waals surface area contributed by atoms with E-state index in [9.17, 15) is 14.4 Å². The number of carbonyl (C=O) groups excluding carboxylic acids is 2. The number of likely N-dealkylation sites (N-methyl/N-ethyl adjacent to an activating group) is 1. The number of alkyl carbamates (subject to hydrolysis) is 1. The SMILES string of the molecule is CN(C(=O)C(CCC(=O)O)NC(=O)OCC1c2ccccc2-c2ccccc21)c1ccncc1. The number of fused-ring (bicyclic) bond motifs is 3. The van der Waals surface area contributed by atoms with Crippen LogP contribution in [-0.2, 0) is 14.3 Å². The number of hydrogen-bond donors (Lipinski definition) is 2. The van der Waals surface area contributed by atoms with Crippen LogP contribution in [0.3, 0.4) is 0 Å². The number of carboxylic acid groups (broad SMARTS) is 1. The van der Waals surface area contributed by atoms with Gasteiger partial charge in [-0.2, -0.15) is 0 Å². The first kappa shape index (κ1) is 23.0. The normalized spacial score (nSPS) is 12.9. The fourth-order valence-electron chi connectivity index (χ4n) is 4.24. The van der Waals surface area contributed by atoms with E-state index in [4.69, 9.17) is 9.84 Å². The van der Waals surface area contributed by atoms with Crippen LogP contribution in [0.15, 0.2) is 73.1 Å². The number of amides is 2. The number of anilines is 1. The molecule has 1 atom stereocenters. The van der Waals surface area contributed by atoms with Gasteiger partial charge in [-0.3, -0.25) is 14.6 Å². The van der Waals surface area contributed by atoms with E-state index in [-0.39, 0.29) is 25.4 Å². The maximum Gasteiger partial charge on any atom is 0.407 e. The summed E-state index contributed by atoms with van der Waals surface area (Å²) < 4.78 is 5.53. The highest BCUT2D eigenvalue weighted by atomic mass is 16.5. The van der Waals surface area contributed by atoms with Crippen LogP contribution in [0, 0.1) is 0 Å². The van der Waals surface area contributed by atoms with Crippen LogP contribution < -0.4 is 10.2 Å². The number of carboxylic acids is 1. The van der Waals surface area contributed by atoms with Crippen LogP contribution in [-0.4, -0.2) is 47.8 Å². The number of hydrogen-bond acceptors (Lipinski definition) is 5. The highest BCUT2D eigenvalue weighted by Crippen LogP contribution is 2.44. The van der Waals surface area contributed by atoms with Crippen LogP contribution in [0.4, 0.5) is 10.5 Å². The Morgan fingerprint density at radius 3 is 2.18 bits per heavy atom. The van der Waals surface area contributed by atoms with Gasteiger partial charge in [0.2, 0.25) is 5.91 Å². The van der Waals surface area contributed by atoms with Gasteiger partial charge in [0.25, 0.3) is 0 Å². The molecule has 3 aromatic rings. The summed E-state index contributed by atoms with van der Waals surface area (Å²) >= 11 is 0. The summed E-state index contributed by atoms with van der Waals surface area (Å²) in [5, 5.41) is 11.7. The summed E-state index contributed by atoms with van der Waals surface area (Å²) in [6.45, 7) is 0.0971. The second kappa shape index (κ2) is 10.2. The molecule has 0 aliphatic heterocycles. The molecule has 1 unspecified atom stereocenters. The molecule has 8 nitrogen and oxygen atoms in total. The largest absolute Gasteiger partial charge is 0.481 e. The fraction of sp³-hybridized carbons (Fsp3) is 0.231. The van der Waals surface area contributed by atoms with Crippen molar-refractivity contribution in [1.29, 1.82) is 0 Å². The third kappa shape index (κ3) is 4.91. The fourth-order valence-corrected chi connectivity index (χ4v) is 4.24. The van der Waals surface area contributed by atoms with Crippen LogP contribution in [0.5, 0.6) is 0 Å². The van der Waals surface area contributed by atoms with E-state index < -0.39 is 24.0 Å². The molecule has 0 fully saturated rings. The Hall–Kier alpha value is -4.20. The molecular formula is C26H25N3O5. The van der Waals surface area contributed by atoms with Crippen molar-refractivity contribution in [1.82, 2.24) is 10.3 Å². The van der Waals surface area contributed by atoms with E-state index in [1.54, 1.807) is 31.6 Å². The first-order chi connectivity index (χ1) is 16.5. The Bertz CT molecular complexity index is 1150. The maximum atomic E-state index is 13.0. The van der Waals surface area contributed by atoms with E-state index in [2.05, 4.69) is 10.3 Å². The molecule has 0 spiro atoms. The number of nitrogens with zero attached hydrogens (tertiary/aromatic N) is 2. The Kier molecular flexibility index (Phi) is 6.87. The van der Waals surface area contributed by atoms with E-state index in [1.165, 1.54) is 4.90 Å². The number of ether oxygens (including phenoxy) is 1. The topological polar surface area (TPSA) is 109 Å². The van der Waals surface area contributed by atoms with Crippen molar-refractivity contribution in [2.45, 2.75) is 24.8 Å². The number of benzene rings is 2. The summed E-state index contributed by atoms with van der Waals surface area (Å²) in [5.74, 6) is -1.62. The molecule has 1 aliphatic rings. The molecule has 2 N–H and O–H groups in total. The van der Waals surface area contributed by atoms with Crippen molar-refractivity contribution < 1.29 is 24.2 Å². The van der Waals surface area contributed by atoms with Crippen molar-refractivity contribution in [3.8, 4) is 11.1 Å². The van der Waals surface area contributed by atoms with E-state index in [0.29, 0.717) is 5.69 Å². The zero-order chi connectivity index (χ0) is 24.1. The maximum absolute atomic E-state index is 13.0. The van der Waals surface area contributed by atoms with Gasteiger partial charge in [-0.15, -0.1) is 0 Å². The summed E-state index contributed by atoms with van der Waals surface area (Å²) in [5.41, 5.74) is 4.95. The molecular weight excluding hydrogens is 434 g/mol. The van der Waals surface area contributed by atoms with Gasteiger partial charge in [-0.05, 0) is 40.8 Å². The van der Waals surface area contributed by atoms with Crippen LogP contribution in [0.1, 0.15) is 29.9 Å². The Morgan fingerprint density at radius 1 is 1.00 bits per heavy atom. The Labute approximate surface area is 197 Å². The molecule has 1 aliphatic carbocycles. The highest BCUT2D eigenvalue weighted by molar-refractivity contribution is 5.98. The molecule has 0 bridgehead atoms. The van der Waals surface area contributed by atoms with Gasteiger partial charge in [0, 0.05) is 37.5 Å². The zero-order valence-electron chi connectivity index (χ0n) is 18.7. The van der Waals surface area contributed by atoms with Crippen molar-refractivity contribution in [3.05, 3.63) is 84.2 Å². The Morgan fingerprint density at radius 2 is 1.59 bits per heavy atom. The first-order valence-corrected chi connectivity index (χ1v) is 11.0. The number of aliphatic carboxylic acids is 1. The molecule has 0 saturated heterocycles. The Balaban J connectivity index is 1.45. The minimum Gasteiger partial charge on any atom is -0.481 e. The second-order valence-corrected chi connectivity index (χ2v) is 8.06. The third-order valence-electron chi connectivity index (χ3n) is 5.96. The van der Waals surface area contributed by atoms with E-state index in [1.807, 2.05) is 48.5 Å². The first-order valence-electron chi connectivity index (χ1n) is 11.0. The lowest BCUT2D eigenvalue weighted by atomic mass is 9.98. The third-order valence-corrected chi connectivity index (χ3v) is 5.96. The number of carbonyl (C=O) groups is 3. The lowest BCUT2D eigenvalue weighted by Gasteiger charge is -2.24. The van der Waals surface area contributed by atoms with Gasteiger partial charge < -0.3 is 20.1 Å². The minimum absolute atomic E-state index is 0.0617. The predicted octanol–water partition coefficient (Wildman–Crippen LogP) is 3.82. The molecule has 2 amide bonds. The quantitative estimate of drug-likeness (QED) is 0.530. The molecule has 34 heavy (non-hydrogen) atoms. The van der Waals surface area contributed by atoms with E-state index in [0.717, 1.165) is 22.3 Å². The van der Waals surface area contributed by atoms with Gasteiger partial charge in [-0.1, -0.05) is 48.5 Å². The van der Waals surface area contributed by atoms with Crippen molar-refractivity contribution >= 4 is 23.7 Å². The molecule has 4 rings (SSSR count). The lowest BCUT2D eigenvalue weighted by molar-refractivity contribution is -0.137. The summed E-state index contributed by atoms with van der Waals surface area (Å²) in [7, 11) is 1.56. The minimum atomic E-state index is -1.06. The summed E-state index contributed by atoms with van der Waals surface area (Å²) in [6.07, 6.45) is 1.99. The number of pyridine rings is 1. The van der Waals surface area contributed by atoms with Crippen molar-refractivity contribution in [2.24, 2.45) is 0 Å². The molecule has 1 aromatic heterocycles. The second-order valence-electron chi connectivity index (χ2n) is 8.06. The average Bonchev–Trinajstić information content (AvgIpc) is 3.18. The smallest absolute Gasteiger partial charge is 0.407 e. The van der Waals surface area contributed by atoms with Gasteiger partial charge in [0.15, 0.2) is 0 Å². The molecule has 2 aromatic carbocycles. The van der Waals surface area contributed by atoms with Crippen molar-refractivity contribution in [3.63, 3.8) is 0 Å². The van der Waals surface area contributed by atoms with Crippen LogP contribution in [0.2, 0.25) is 0 Å². The summed E-state index contributed by atoms with van der Waals surface area (Å²) in [4.78, 5) is 42.1. The van der Waals surface area contributed by atoms with Gasteiger partial charge in [0.05, 0.1) is 0 Å². The molecule has 8 heteroatoms. The molecule has 1 heterocycles.